The Balaban J connectivity index is 1.74. The van der Waals surface area contributed by atoms with Crippen LogP contribution in [0.25, 0.3) is 5.13 Å². The number of furan rings is 1. The van der Waals surface area contributed by atoms with Crippen LogP contribution in [-0.4, -0.2) is 27.9 Å². The highest BCUT2D eigenvalue weighted by Crippen LogP contribution is 2.23. The summed E-state index contributed by atoms with van der Waals surface area (Å²) < 4.78 is 12.5. The number of hydrogen-bond donors (Lipinski definition) is 0. The Labute approximate surface area is 150 Å². The molecule has 0 radical (unpaired) electrons. The van der Waals surface area contributed by atoms with E-state index in [0.717, 1.165) is 16.5 Å². The van der Waals surface area contributed by atoms with Crippen molar-refractivity contribution in [2.24, 2.45) is 0 Å². The van der Waals surface area contributed by atoms with E-state index in [-0.39, 0.29) is 18.2 Å². The van der Waals surface area contributed by atoms with Crippen LogP contribution in [0.2, 0.25) is 0 Å². The molecule has 0 atom stereocenters. The highest BCUT2D eigenvalue weighted by Gasteiger charge is 2.20. The number of carbonyl (C=O) groups is 2. The number of ketones is 1. The molecule has 0 aromatic carbocycles. The first-order valence-electron chi connectivity index (χ1n) is 7.02. The second-order valence-corrected chi connectivity index (χ2v) is 6.69. The van der Waals surface area contributed by atoms with E-state index in [0.29, 0.717) is 10.2 Å². The Morgan fingerprint density at radius 2 is 2.17 bits per heavy atom. The van der Waals surface area contributed by atoms with Crippen LogP contribution in [0.4, 0.5) is 0 Å². The Kier molecular flexibility index (Phi) is 4.68. The van der Waals surface area contributed by atoms with E-state index in [4.69, 9.17) is 9.15 Å². The summed E-state index contributed by atoms with van der Waals surface area (Å²) in [4.78, 5) is 28.5. The number of rotatable bonds is 5. The lowest BCUT2D eigenvalue weighted by Crippen LogP contribution is -2.14. The first-order chi connectivity index (χ1) is 11.5. The van der Waals surface area contributed by atoms with Gasteiger partial charge in [0, 0.05) is 28.5 Å². The van der Waals surface area contributed by atoms with Crippen molar-refractivity contribution in [1.82, 2.24) is 9.55 Å². The molecule has 0 saturated heterocycles. The number of carbonyl (C=O) groups excluding carboxylic acids is 2. The predicted octanol–water partition coefficient (Wildman–Crippen LogP) is 3.95. The highest BCUT2D eigenvalue weighted by molar-refractivity contribution is 9.10. The Morgan fingerprint density at radius 1 is 1.38 bits per heavy atom. The largest absolute Gasteiger partial charge is 0.451 e. The molecule has 0 aliphatic rings. The molecular weight excluding hydrogens is 396 g/mol. The molecule has 0 aliphatic carbocycles. The molecule has 0 spiro atoms. The number of esters is 1. The molecular formula is C16H13BrN2O4S. The SMILES string of the molecule is Cc1cc(C(=O)COC(=O)c2ccc(Br)o2)c(C)n1-c1nccs1. The van der Waals surface area contributed by atoms with Gasteiger partial charge in [0.15, 0.2) is 16.4 Å². The Morgan fingerprint density at radius 3 is 2.79 bits per heavy atom. The van der Waals surface area contributed by atoms with E-state index in [1.807, 2.05) is 23.8 Å². The molecule has 0 aliphatic heterocycles. The summed E-state index contributed by atoms with van der Waals surface area (Å²) in [5, 5.41) is 2.67. The first-order valence-corrected chi connectivity index (χ1v) is 8.69. The number of hydrogen-bond acceptors (Lipinski definition) is 6. The molecule has 24 heavy (non-hydrogen) atoms. The van der Waals surface area contributed by atoms with Gasteiger partial charge in [-0.05, 0) is 48.0 Å². The van der Waals surface area contributed by atoms with Crippen molar-refractivity contribution in [3.63, 3.8) is 0 Å². The highest BCUT2D eigenvalue weighted by atomic mass is 79.9. The quantitative estimate of drug-likeness (QED) is 0.471. The zero-order valence-corrected chi connectivity index (χ0v) is 15.3. The fourth-order valence-electron chi connectivity index (χ4n) is 2.37. The van der Waals surface area contributed by atoms with E-state index < -0.39 is 5.97 Å². The van der Waals surface area contributed by atoms with E-state index in [1.54, 1.807) is 18.3 Å². The van der Waals surface area contributed by atoms with Crippen LogP contribution in [0.1, 0.15) is 32.3 Å². The predicted molar refractivity (Wildman–Crippen MR) is 91.9 cm³/mol. The molecule has 3 aromatic rings. The summed E-state index contributed by atoms with van der Waals surface area (Å²) in [6.07, 6.45) is 1.71. The number of Topliss-reactive ketones (excluding diaryl/α,β-unsaturated/α-hetero) is 1. The molecule has 0 unspecified atom stereocenters. The summed E-state index contributed by atoms with van der Waals surface area (Å²) in [5.41, 5.74) is 2.17. The zero-order chi connectivity index (χ0) is 17.3. The normalized spacial score (nSPS) is 10.8. The molecule has 3 heterocycles. The smallest absolute Gasteiger partial charge is 0.374 e. The van der Waals surface area contributed by atoms with Crippen LogP contribution in [0.3, 0.4) is 0 Å². The number of nitrogens with zero attached hydrogens (tertiary/aromatic N) is 2. The van der Waals surface area contributed by atoms with Gasteiger partial charge in [-0.3, -0.25) is 9.36 Å². The average molecular weight is 409 g/mol. The van der Waals surface area contributed by atoms with E-state index in [2.05, 4.69) is 20.9 Å². The lowest BCUT2D eigenvalue weighted by atomic mass is 10.1. The van der Waals surface area contributed by atoms with Crippen LogP contribution in [-0.2, 0) is 4.74 Å². The molecule has 0 N–H and O–H groups in total. The third-order valence-electron chi connectivity index (χ3n) is 3.45. The third-order valence-corrected chi connectivity index (χ3v) is 4.63. The lowest BCUT2D eigenvalue weighted by Gasteiger charge is -2.06. The van der Waals surface area contributed by atoms with Crippen molar-refractivity contribution in [3.05, 3.63) is 57.2 Å². The maximum absolute atomic E-state index is 12.4. The van der Waals surface area contributed by atoms with Gasteiger partial charge in [-0.15, -0.1) is 11.3 Å². The summed E-state index contributed by atoms with van der Waals surface area (Å²) in [5.74, 6) is -0.907. The monoisotopic (exact) mass is 408 g/mol. The number of ether oxygens (including phenoxy) is 1. The van der Waals surface area contributed by atoms with E-state index in [1.165, 1.54) is 17.4 Å². The zero-order valence-electron chi connectivity index (χ0n) is 12.9. The minimum atomic E-state index is -0.678. The topological polar surface area (TPSA) is 74.3 Å². The van der Waals surface area contributed by atoms with Crippen molar-refractivity contribution in [2.75, 3.05) is 6.61 Å². The van der Waals surface area contributed by atoms with Crippen LogP contribution < -0.4 is 0 Å². The van der Waals surface area contributed by atoms with Crippen LogP contribution in [0.15, 0.2) is 38.9 Å². The van der Waals surface area contributed by atoms with Crippen LogP contribution in [0.5, 0.6) is 0 Å². The second-order valence-electron chi connectivity index (χ2n) is 5.04. The molecule has 124 valence electrons. The Hall–Kier alpha value is -2.19. The molecule has 0 saturated carbocycles. The van der Waals surface area contributed by atoms with Crippen LogP contribution in [0, 0.1) is 13.8 Å². The van der Waals surface area contributed by atoms with Crippen molar-refractivity contribution < 1.29 is 18.7 Å². The maximum atomic E-state index is 12.4. The Bertz CT molecular complexity index is 895. The minimum absolute atomic E-state index is 0.0444. The fourth-order valence-corrected chi connectivity index (χ4v) is 3.43. The summed E-state index contributed by atoms with van der Waals surface area (Å²) in [7, 11) is 0. The maximum Gasteiger partial charge on any atom is 0.374 e. The number of aryl methyl sites for hydroxylation is 1. The standard InChI is InChI=1S/C16H13BrN2O4S/c1-9-7-11(10(2)19(9)16-18-5-6-24-16)12(20)8-22-15(21)13-3-4-14(17)23-13/h3-7H,8H2,1-2H3. The summed E-state index contributed by atoms with van der Waals surface area (Å²) in [6.45, 7) is 3.39. The first kappa shape index (κ1) is 16.7. The average Bonchev–Trinajstić information content (AvgIpc) is 3.26. The molecule has 0 amide bonds. The van der Waals surface area contributed by atoms with Gasteiger partial charge in [0.2, 0.25) is 11.5 Å². The van der Waals surface area contributed by atoms with Crippen molar-refractivity contribution >= 4 is 39.0 Å². The molecule has 3 aromatic heterocycles. The summed E-state index contributed by atoms with van der Waals surface area (Å²) in [6, 6.07) is 4.83. The fraction of sp³-hybridized carbons (Fsp3) is 0.188. The van der Waals surface area contributed by atoms with Gasteiger partial charge in [0.25, 0.3) is 0 Å². The van der Waals surface area contributed by atoms with Gasteiger partial charge < -0.3 is 9.15 Å². The van der Waals surface area contributed by atoms with E-state index >= 15 is 0 Å². The number of aromatic nitrogens is 2. The molecule has 0 bridgehead atoms. The van der Waals surface area contributed by atoms with Crippen molar-refractivity contribution in [1.29, 1.82) is 0 Å². The van der Waals surface area contributed by atoms with Gasteiger partial charge in [0.1, 0.15) is 0 Å². The number of thiazole rings is 1. The minimum Gasteiger partial charge on any atom is -0.451 e. The summed E-state index contributed by atoms with van der Waals surface area (Å²) >= 11 is 4.59. The van der Waals surface area contributed by atoms with Gasteiger partial charge in [-0.1, -0.05) is 0 Å². The molecule has 0 fully saturated rings. The van der Waals surface area contributed by atoms with Crippen molar-refractivity contribution in [3.8, 4) is 5.13 Å². The van der Waals surface area contributed by atoms with Gasteiger partial charge in [0.05, 0.1) is 0 Å². The van der Waals surface area contributed by atoms with Gasteiger partial charge >= 0.3 is 5.97 Å². The van der Waals surface area contributed by atoms with Crippen LogP contribution >= 0.6 is 27.3 Å². The van der Waals surface area contributed by atoms with Gasteiger partial charge in [-0.2, -0.15) is 0 Å². The second kappa shape index (κ2) is 6.74. The van der Waals surface area contributed by atoms with Crippen molar-refractivity contribution in [2.45, 2.75) is 13.8 Å². The number of halogens is 1. The lowest BCUT2D eigenvalue weighted by molar-refractivity contribution is 0.0442. The molecule has 6 nitrogen and oxygen atoms in total. The molecule has 8 heteroatoms. The molecule has 3 rings (SSSR count). The third kappa shape index (κ3) is 3.20. The van der Waals surface area contributed by atoms with Gasteiger partial charge in [-0.25, -0.2) is 9.78 Å². The van der Waals surface area contributed by atoms with E-state index in [9.17, 15) is 9.59 Å².